The molecule has 2 saturated heterocycles. The van der Waals surface area contributed by atoms with Crippen LogP contribution in [0.1, 0.15) is 84.1 Å². The Kier molecular flexibility index (Phi) is 24.6. The second-order valence-electron chi connectivity index (χ2n) is 16.4. The van der Waals surface area contributed by atoms with Gasteiger partial charge in [-0.15, -0.1) is 0 Å². The molecule has 2 aliphatic heterocycles. The number of carbonyl (C=O) groups is 8. The van der Waals surface area contributed by atoms with Crippen molar-refractivity contribution in [2.75, 3.05) is 51.3 Å². The van der Waals surface area contributed by atoms with E-state index in [-0.39, 0.29) is 42.7 Å². The molecule has 2 heterocycles. The smallest absolute Gasteiger partial charge is 0.245 e. The number of amides is 8. The molecule has 21 heteroatoms. The van der Waals surface area contributed by atoms with Crippen LogP contribution in [0.2, 0.25) is 0 Å². The monoisotopic (exact) mass is 934 g/mol. The van der Waals surface area contributed by atoms with Crippen LogP contribution < -0.4 is 48.3 Å². The third-order valence-electron chi connectivity index (χ3n) is 10.9. The van der Waals surface area contributed by atoms with Crippen LogP contribution in [0.15, 0.2) is 30.3 Å². The quantitative estimate of drug-likeness (QED) is 0.0506. The van der Waals surface area contributed by atoms with Gasteiger partial charge in [0.1, 0.15) is 36.3 Å². The van der Waals surface area contributed by atoms with Crippen LogP contribution in [0.25, 0.3) is 0 Å². The first kappa shape index (κ1) is 53.9. The Morgan fingerprint density at radius 2 is 1.48 bits per heavy atom. The van der Waals surface area contributed by atoms with E-state index in [2.05, 4.69) is 42.5 Å². The summed E-state index contributed by atoms with van der Waals surface area (Å²) in [4.78, 5) is 109. The van der Waals surface area contributed by atoms with Crippen molar-refractivity contribution in [1.82, 2.24) is 47.4 Å². The first-order valence-corrected chi connectivity index (χ1v) is 24.8. The molecule has 0 saturated carbocycles. The maximum absolute atomic E-state index is 13.9. The maximum Gasteiger partial charge on any atom is 0.245 e. The average Bonchev–Trinajstić information content (AvgIpc) is 3.78. The fraction of sp³-hybridized carbons (Fsp3) is 0.674. The molecule has 358 valence electrons. The first-order chi connectivity index (χ1) is 30.7. The molecule has 1 aromatic rings. The summed E-state index contributed by atoms with van der Waals surface area (Å²) in [7, 11) is 4.09. The van der Waals surface area contributed by atoms with E-state index in [4.69, 9.17) is 5.73 Å². The van der Waals surface area contributed by atoms with Gasteiger partial charge in [0.15, 0.2) is 0 Å². The van der Waals surface area contributed by atoms with Crippen molar-refractivity contribution < 1.29 is 43.5 Å². The number of rotatable bonds is 22. The summed E-state index contributed by atoms with van der Waals surface area (Å²) in [5.41, 5.74) is 6.79. The van der Waals surface area contributed by atoms with Gasteiger partial charge in [-0.3, -0.25) is 38.4 Å². The van der Waals surface area contributed by atoms with Gasteiger partial charge in [0.25, 0.3) is 0 Å². The zero-order valence-electron chi connectivity index (χ0n) is 37.6. The number of hydrogen-bond acceptors (Lipinski definition) is 13. The Labute approximate surface area is 384 Å². The fourth-order valence-corrected chi connectivity index (χ4v) is 9.63. The van der Waals surface area contributed by atoms with Crippen LogP contribution in [-0.4, -0.2) is 151 Å². The van der Waals surface area contributed by atoms with E-state index < -0.39 is 96.8 Å². The molecule has 8 amide bonds. The molecular formula is C43H70N10O9S2. The molecule has 11 N–H and O–H groups in total. The Morgan fingerprint density at radius 3 is 2.14 bits per heavy atom. The maximum atomic E-state index is 13.9. The minimum atomic E-state index is -1.45. The highest BCUT2D eigenvalue weighted by atomic mass is 33.1. The number of nitrogens with zero attached hydrogens (tertiary/aromatic N) is 1. The van der Waals surface area contributed by atoms with E-state index in [1.54, 1.807) is 7.05 Å². The van der Waals surface area contributed by atoms with E-state index in [1.807, 2.05) is 51.1 Å². The molecule has 2 aliphatic rings. The lowest BCUT2D eigenvalue weighted by atomic mass is 10.0. The van der Waals surface area contributed by atoms with Crippen LogP contribution in [0.4, 0.5) is 0 Å². The topological polar surface area (TPSA) is 282 Å². The number of hydrogen-bond donors (Lipinski definition) is 10. The zero-order valence-corrected chi connectivity index (χ0v) is 39.2. The number of unbranched alkanes of at least 4 members (excludes halogenated alkanes) is 2. The molecule has 0 spiro atoms. The van der Waals surface area contributed by atoms with Crippen molar-refractivity contribution in [1.29, 1.82) is 0 Å². The summed E-state index contributed by atoms with van der Waals surface area (Å²) >= 11 is 0. The third-order valence-corrected chi connectivity index (χ3v) is 13.3. The number of nitrogens with two attached hydrogens (primary N) is 1. The van der Waals surface area contributed by atoms with Gasteiger partial charge in [0.2, 0.25) is 47.3 Å². The first-order valence-electron chi connectivity index (χ1n) is 22.4. The van der Waals surface area contributed by atoms with Gasteiger partial charge in [-0.25, -0.2) is 0 Å². The van der Waals surface area contributed by atoms with Crippen LogP contribution in [0.5, 0.6) is 0 Å². The second-order valence-corrected chi connectivity index (χ2v) is 19.0. The zero-order chi connectivity index (χ0) is 47.0. The van der Waals surface area contributed by atoms with Crippen LogP contribution in [0.3, 0.4) is 0 Å². The highest BCUT2D eigenvalue weighted by molar-refractivity contribution is 8.76. The van der Waals surface area contributed by atoms with Gasteiger partial charge < -0.3 is 58.3 Å². The Hall–Kier alpha value is -4.44. The minimum absolute atomic E-state index is 0.00384. The number of carbonyl (C=O) groups excluding carboxylic acids is 8. The molecule has 64 heavy (non-hydrogen) atoms. The number of likely N-dealkylation sites (tertiary alicyclic amines) is 1. The van der Waals surface area contributed by atoms with Crippen molar-refractivity contribution in [3.8, 4) is 0 Å². The van der Waals surface area contributed by atoms with Crippen LogP contribution in [-0.2, 0) is 44.8 Å². The lowest BCUT2D eigenvalue weighted by molar-refractivity contribution is -0.140. The molecule has 1 aromatic carbocycles. The number of nitrogens with one attached hydrogen (secondary N) is 8. The van der Waals surface area contributed by atoms with Crippen LogP contribution in [0, 0.1) is 5.92 Å². The minimum Gasteiger partial charge on any atom is -0.394 e. The van der Waals surface area contributed by atoms with E-state index in [1.165, 1.54) is 26.5 Å². The fourth-order valence-electron chi connectivity index (χ4n) is 7.22. The molecule has 7 atom stereocenters. The van der Waals surface area contributed by atoms with Crippen molar-refractivity contribution in [3.63, 3.8) is 0 Å². The van der Waals surface area contributed by atoms with E-state index in [0.29, 0.717) is 58.0 Å². The van der Waals surface area contributed by atoms with Crippen LogP contribution >= 0.6 is 21.6 Å². The van der Waals surface area contributed by atoms with Crippen molar-refractivity contribution in [2.24, 2.45) is 11.7 Å². The predicted molar refractivity (Wildman–Crippen MR) is 247 cm³/mol. The average molecular weight is 935 g/mol. The van der Waals surface area contributed by atoms with Gasteiger partial charge in [-0.05, 0) is 76.4 Å². The molecular weight excluding hydrogens is 865 g/mol. The van der Waals surface area contributed by atoms with E-state index in [0.717, 1.165) is 12.0 Å². The molecule has 2 fully saturated rings. The molecule has 3 rings (SSSR count). The predicted octanol–water partition coefficient (Wildman–Crippen LogP) is -0.783. The van der Waals surface area contributed by atoms with Crippen molar-refractivity contribution in [3.05, 3.63) is 35.9 Å². The van der Waals surface area contributed by atoms with Crippen molar-refractivity contribution >= 4 is 68.8 Å². The Morgan fingerprint density at radius 1 is 0.844 bits per heavy atom. The van der Waals surface area contributed by atoms with Gasteiger partial charge in [-0.2, -0.15) is 0 Å². The molecule has 0 radical (unpaired) electrons. The SMILES string of the molecule is CCCC[C@@H](NC(=O)[C@@H]1CCCN1C(=O)CNC(=O)[C@H](CCCCN)NC(=O)[C@@H]1CSSC[C@H](NC)C(=O)N[C@@H](CC(C)C)C(=O)N[C@@H](CO)C(=O)N1)C(=O)NCCc1ccccc1. The van der Waals surface area contributed by atoms with Gasteiger partial charge >= 0.3 is 0 Å². The number of benzene rings is 1. The molecule has 19 nitrogen and oxygen atoms in total. The third kappa shape index (κ3) is 18.2. The highest BCUT2D eigenvalue weighted by Crippen LogP contribution is 2.24. The normalized spacial score (nSPS) is 22.0. The molecule has 0 aliphatic carbocycles. The number of likely N-dealkylation sites (N-methyl/N-ethyl adjacent to an activating group) is 1. The van der Waals surface area contributed by atoms with Crippen molar-refractivity contribution in [2.45, 2.75) is 127 Å². The summed E-state index contributed by atoms with van der Waals surface area (Å²) in [5, 5.41) is 32.0. The highest BCUT2D eigenvalue weighted by Gasteiger charge is 2.37. The Bertz CT molecular complexity index is 1690. The summed E-state index contributed by atoms with van der Waals surface area (Å²) in [6.45, 7) is 5.49. The van der Waals surface area contributed by atoms with E-state index in [9.17, 15) is 43.5 Å². The van der Waals surface area contributed by atoms with Gasteiger partial charge in [-0.1, -0.05) is 85.5 Å². The summed E-state index contributed by atoms with van der Waals surface area (Å²) in [6, 6.07) is 2.59. The van der Waals surface area contributed by atoms with Gasteiger partial charge in [0, 0.05) is 24.6 Å². The number of aliphatic hydroxyl groups excluding tert-OH is 1. The van der Waals surface area contributed by atoms with Gasteiger partial charge in [0.05, 0.1) is 19.2 Å². The largest absolute Gasteiger partial charge is 0.394 e. The molecule has 0 aromatic heterocycles. The standard InChI is InChI=1S/C43H70N10O9S2/c1-5-6-15-29(37(56)46-20-18-28-13-8-7-9-14-28)49-43(62)35-17-12-21-53(35)36(55)23-47-38(57)30(16-10-11-19-44)48-42(61)34-26-64-63-25-33(45-4)41(60)50-31(22-27(2)3)39(58)51-32(24-54)40(59)52-34/h7-9,13-14,27,29-35,45,54H,5-6,10-12,15-26,44H2,1-4H3,(H,46,56)(H,47,57)(H,48,61)(H,49,62)(H,50,60)(H,51,58)(H,52,59)/t29-,30+,31+,32+,33+,34+,35+/m1/s1. The van der Waals surface area contributed by atoms with E-state index >= 15 is 0 Å². The molecule has 0 unspecified atom stereocenters. The lowest BCUT2D eigenvalue weighted by Gasteiger charge is -2.28. The summed E-state index contributed by atoms with van der Waals surface area (Å²) in [6.07, 6.45) is 4.92. The second kappa shape index (κ2) is 29.2. The summed E-state index contributed by atoms with van der Waals surface area (Å²) < 4.78 is 0. The number of aliphatic hydroxyl groups is 1. The Balaban J connectivity index is 1.68. The molecule has 0 bridgehead atoms. The summed E-state index contributed by atoms with van der Waals surface area (Å²) in [5.74, 6) is -4.35. The lowest BCUT2D eigenvalue weighted by Crippen LogP contribution is -2.60.